The van der Waals surface area contributed by atoms with Gasteiger partial charge in [-0.25, -0.2) is 4.79 Å². The summed E-state index contributed by atoms with van der Waals surface area (Å²) in [5, 5.41) is 0. The van der Waals surface area contributed by atoms with Gasteiger partial charge < -0.3 is 15.5 Å². The molecule has 0 aliphatic carbocycles. The summed E-state index contributed by atoms with van der Waals surface area (Å²) in [6.07, 6.45) is 2.29. The minimum absolute atomic E-state index is 0.0730. The van der Waals surface area contributed by atoms with Gasteiger partial charge in [0, 0.05) is 32.1 Å². The Morgan fingerprint density at radius 3 is 2.33 bits per heavy atom. The molecule has 0 radical (unpaired) electrons. The Bertz CT molecular complexity index is 550. The first-order valence-electron chi connectivity index (χ1n) is 7.55. The predicted molar refractivity (Wildman–Crippen MR) is 79.4 cm³/mol. The highest BCUT2D eigenvalue weighted by atomic mass is 16.2. The molecule has 0 spiro atoms. The van der Waals surface area contributed by atoms with Gasteiger partial charge in [0.15, 0.2) is 0 Å². The predicted octanol–water partition coefficient (Wildman–Crippen LogP) is 1.36. The summed E-state index contributed by atoms with van der Waals surface area (Å²) >= 11 is 0. The van der Waals surface area contributed by atoms with E-state index in [1.54, 1.807) is 0 Å². The highest BCUT2D eigenvalue weighted by molar-refractivity contribution is 5.78. The number of carbonyl (C=O) groups is 2. The first-order valence-corrected chi connectivity index (χ1v) is 7.55. The van der Waals surface area contributed by atoms with Crippen LogP contribution in [-0.4, -0.2) is 41.4 Å². The van der Waals surface area contributed by atoms with E-state index in [1.807, 2.05) is 21.9 Å². The Morgan fingerprint density at radius 1 is 1.00 bits per heavy atom. The molecular formula is C16H21N3O2. The fraction of sp³-hybridized carbons (Fsp3) is 0.500. The summed E-state index contributed by atoms with van der Waals surface area (Å²) in [7, 11) is 0. The SMILES string of the molecule is NC(=O)C1CCN(C(=O)N2CCc3ccccc3C2)CC1. The lowest BCUT2D eigenvalue weighted by Crippen LogP contribution is -2.49. The van der Waals surface area contributed by atoms with Crippen LogP contribution < -0.4 is 5.73 Å². The Kier molecular flexibility index (Phi) is 3.82. The number of hydrogen-bond acceptors (Lipinski definition) is 2. The first-order chi connectivity index (χ1) is 10.1. The lowest BCUT2D eigenvalue weighted by molar-refractivity contribution is -0.123. The molecule has 1 aromatic rings. The van der Waals surface area contributed by atoms with Crippen molar-refractivity contribution in [1.82, 2.24) is 9.80 Å². The van der Waals surface area contributed by atoms with E-state index in [0.717, 1.165) is 13.0 Å². The minimum atomic E-state index is -0.242. The molecule has 5 heteroatoms. The molecule has 0 aromatic heterocycles. The van der Waals surface area contributed by atoms with Crippen molar-refractivity contribution in [3.8, 4) is 0 Å². The zero-order valence-electron chi connectivity index (χ0n) is 12.1. The van der Waals surface area contributed by atoms with Gasteiger partial charge in [0.1, 0.15) is 0 Å². The third kappa shape index (κ3) is 2.86. The quantitative estimate of drug-likeness (QED) is 0.847. The van der Waals surface area contributed by atoms with E-state index in [-0.39, 0.29) is 17.9 Å². The number of carbonyl (C=O) groups excluding carboxylic acids is 2. The standard InChI is InChI=1S/C16H21N3O2/c17-15(20)13-6-8-18(9-7-13)16(21)19-10-5-12-3-1-2-4-14(12)11-19/h1-4,13H,5-11H2,(H2,17,20). The molecule has 0 unspecified atom stereocenters. The van der Waals surface area contributed by atoms with Gasteiger partial charge in [0.05, 0.1) is 0 Å². The van der Waals surface area contributed by atoms with E-state index in [1.165, 1.54) is 11.1 Å². The second-order valence-electron chi connectivity index (χ2n) is 5.89. The summed E-state index contributed by atoms with van der Waals surface area (Å²) in [6, 6.07) is 8.38. The van der Waals surface area contributed by atoms with Gasteiger partial charge in [-0.15, -0.1) is 0 Å². The molecule has 2 aliphatic heterocycles. The van der Waals surface area contributed by atoms with Gasteiger partial charge >= 0.3 is 6.03 Å². The number of primary amides is 1. The van der Waals surface area contributed by atoms with E-state index in [9.17, 15) is 9.59 Å². The third-order valence-electron chi connectivity index (χ3n) is 4.57. The zero-order valence-corrected chi connectivity index (χ0v) is 12.1. The van der Waals surface area contributed by atoms with Crippen molar-refractivity contribution >= 4 is 11.9 Å². The Morgan fingerprint density at radius 2 is 1.67 bits per heavy atom. The fourth-order valence-electron chi connectivity index (χ4n) is 3.21. The number of rotatable bonds is 1. The van der Waals surface area contributed by atoms with E-state index in [4.69, 9.17) is 5.73 Å². The number of fused-ring (bicyclic) bond motifs is 1. The van der Waals surface area contributed by atoms with Crippen molar-refractivity contribution in [3.05, 3.63) is 35.4 Å². The summed E-state index contributed by atoms with van der Waals surface area (Å²) < 4.78 is 0. The van der Waals surface area contributed by atoms with Gasteiger partial charge in [-0.2, -0.15) is 0 Å². The van der Waals surface area contributed by atoms with Crippen LogP contribution in [0, 0.1) is 5.92 Å². The second-order valence-corrected chi connectivity index (χ2v) is 5.89. The largest absolute Gasteiger partial charge is 0.369 e. The van der Waals surface area contributed by atoms with Crippen molar-refractivity contribution < 1.29 is 9.59 Å². The van der Waals surface area contributed by atoms with Crippen molar-refractivity contribution in [1.29, 1.82) is 0 Å². The van der Waals surface area contributed by atoms with Crippen LogP contribution in [0.5, 0.6) is 0 Å². The van der Waals surface area contributed by atoms with E-state index < -0.39 is 0 Å². The topological polar surface area (TPSA) is 66.6 Å². The molecule has 0 bridgehead atoms. The number of benzene rings is 1. The number of nitrogens with zero attached hydrogens (tertiary/aromatic N) is 2. The van der Waals surface area contributed by atoms with Crippen LogP contribution >= 0.6 is 0 Å². The zero-order chi connectivity index (χ0) is 14.8. The Labute approximate surface area is 124 Å². The molecule has 2 heterocycles. The average Bonchev–Trinajstić information content (AvgIpc) is 2.54. The number of urea groups is 1. The highest BCUT2D eigenvalue weighted by Crippen LogP contribution is 2.22. The molecule has 3 amide bonds. The molecule has 2 aliphatic rings. The van der Waals surface area contributed by atoms with Crippen LogP contribution in [0.4, 0.5) is 4.79 Å². The van der Waals surface area contributed by atoms with Crippen LogP contribution in [0.3, 0.4) is 0 Å². The van der Waals surface area contributed by atoms with E-state index >= 15 is 0 Å². The molecule has 0 saturated carbocycles. The summed E-state index contributed by atoms with van der Waals surface area (Å²) in [6.45, 7) is 2.71. The molecular weight excluding hydrogens is 266 g/mol. The Balaban J connectivity index is 1.61. The maximum atomic E-state index is 12.6. The van der Waals surface area contributed by atoms with E-state index in [0.29, 0.717) is 32.5 Å². The molecule has 0 atom stereocenters. The maximum absolute atomic E-state index is 12.6. The number of likely N-dealkylation sites (tertiary alicyclic amines) is 1. The molecule has 3 rings (SSSR count). The van der Waals surface area contributed by atoms with Crippen molar-refractivity contribution in [2.75, 3.05) is 19.6 Å². The smallest absolute Gasteiger partial charge is 0.320 e. The molecule has 112 valence electrons. The van der Waals surface area contributed by atoms with Crippen molar-refractivity contribution in [2.45, 2.75) is 25.8 Å². The molecule has 21 heavy (non-hydrogen) atoms. The first kappa shape index (κ1) is 13.9. The number of hydrogen-bond donors (Lipinski definition) is 1. The molecule has 2 N–H and O–H groups in total. The van der Waals surface area contributed by atoms with Crippen LogP contribution in [-0.2, 0) is 17.8 Å². The summed E-state index contributed by atoms with van der Waals surface area (Å²) in [5.41, 5.74) is 7.91. The minimum Gasteiger partial charge on any atom is -0.369 e. The summed E-state index contributed by atoms with van der Waals surface area (Å²) in [5.74, 6) is -0.315. The van der Waals surface area contributed by atoms with Gasteiger partial charge in [-0.3, -0.25) is 4.79 Å². The average molecular weight is 287 g/mol. The molecule has 1 aromatic carbocycles. The normalized spacial score (nSPS) is 19.2. The van der Waals surface area contributed by atoms with Gasteiger partial charge in [0.2, 0.25) is 5.91 Å². The van der Waals surface area contributed by atoms with Crippen molar-refractivity contribution in [2.24, 2.45) is 11.7 Å². The van der Waals surface area contributed by atoms with Gasteiger partial charge in [-0.05, 0) is 30.4 Å². The third-order valence-corrected chi connectivity index (χ3v) is 4.57. The fourth-order valence-corrected chi connectivity index (χ4v) is 3.21. The Hall–Kier alpha value is -2.04. The van der Waals surface area contributed by atoms with Gasteiger partial charge in [-0.1, -0.05) is 24.3 Å². The molecule has 1 saturated heterocycles. The van der Waals surface area contributed by atoms with Crippen LogP contribution in [0.15, 0.2) is 24.3 Å². The lowest BCUT2D eigenvalue weighted by Gasteiger charge is -2.37. The maximum Gasteiger partial charge on any atom is 0.320 e. The van der Waals surface area contributed by atoms with E-state index in [2.05, 4.69) is 12.1 Å². The lowest BCUT2D eigenvalue weighted by atomic mass is 9.96. The van der Waals surface area contributed by atoms with Crippen molar-refractivity contribution in [3.63, 3.8) is 0 Å². The van der Waals surface area contributed by atoms with Crippen LogP contribution in [0.1, 0.15) is 24.0 Å². The number of amides is 3. The van der Waals surface area contributed by atoms with Crippen LogP contribution in [0.2, 0.25) is 0 Å². The molecule has 5 nitrogen and oxygen atoms in total. The second kappa shape index (κ2) is 5.76. The summed E-state index contributed by atoms with van der Waals surface area (Å²) in [4.78, 5) is 27.5. The monoisotopic (exact) mass is 287 g/mol. The van der Waals surface area contributed by atoms with Crippen LogP contribution in [0.25, 0.3) is 0 Å². The number of piperidine rings is 1. The molecule has 1 fully saturated rings. The number of nitrogens with two attached hydrogens (primary N) is 1. The van der Waals surface area contributed by atoms with Gasteiger partial charge in [0.25, 0.3) is 0 Å². The highest BCUT2D eigenvalue weighted by Gasteiger charge is 2.29.